The molecule has 1 saturated heterocycles. The molecule has 1 aromatic heterocycles. The maximum Gasteiger partial charge on any atom is 0.223 e. The Labute approximate surface area is 138 Å². The first-order valence-electron chi connectivity index (χ1n) is 8.85. The molecule has 3 atom stereocenters. The Hall–Kier alpha value is -1.49. The van der Waals surface area contributed by atoms with Gasteiger partial charge in [0, 0.05) is 36.8 Å². The van der Waals surface area contributed by atoms with E-state index in [2.05, 4.69) is 9.97 Å². The quantitative estimate of drug-likeness (QED) is 0.925. The second-order valence-corrected chi connectivity index (χ2v) is 7.21. The van der Waals surface area contributed by atoms with Crippen molar-refractivity contribution in [2.45, 2.75) is 69.9 Å². The molecule has 5 heteroatoms. The molecule has 1 aliphatic carbocycles. The third-order valence-corrected chi connectivity index (χ3v) is 5.57. The summed E-state index contributed by atoms with van der Waals surface area (Å²) in [6, 6.07) is 2.07. The molecule has 1 N–H and O–H groups in total. The van der Waals surface area contributed by atoms with E-state index in [1.54, 1.807) is 6.20 Å². The third-order valence-electron chi connectivity index (χ3n) is 5.57. The van der Waals surface area contributed by atoms with Gasteiger partial charge in [-0.15, -0.1) is 0 Å². The van der Waals surface area contributed by atoms with Crippen LogP contribution in [0.1, 0.15) is 57.6 Å². The van der Waals surface area contributed by atoms with E-state index in [9.17, 15) is 9.90 Å². The zero-order chi connectivity index (χ0) is 16.3. The Kier molecular flexibility index (Phi) is 4.95. The molecule has 0 radical (unpaired) electrons. The SMILES string of the molecule is C[C@]1(O)CCCC[C@@H]1[C@@H]1CCCN1C(=O)CCc1ccncn1. The average Bonchev–Trinajstić information content (AvgIpc) is 3.02. The molecule has 2 aliphatic rings. The lowest BCUT2D eigenvalue weighted by Crippen LogP contribution is -2.50. The van der Waals surface area contributed by atoms with Gasteiger partial charge in [-0.25, -0.2) is 9.97 Å². The third kappa shape index (κ3) is 3.71. The fraction of sp³-hybridized carbons (Fsp3) is 0.722. The van der Waals surface area contributed by atoms with Gasteiger partial charge in [0.1, 0.15) is 6.33 Å². The Morgan fingerprint density at radius 2 is 2.26 bits per heavy atom. The van der Waals surface area contributed by atoms with Crippen molar-refractivity contribution < 1.29 is 9.90 Å². The molecule has 0 unspecified atom stereocenters. The lowest BCUT2D eigenvalue weighted by atomic mass is 9.72. The number of aliphatic hydroxyl groups is 1. The van der Waals surface area contributed by atoms with Crippen LogP contribution in [0, 0.1) is 5.92 Å². The van der Waals surface area contributed by atoms with Gasteiger partial charge in [0.15, 0.2) is 0 Å². The van der Waals surface area contributed by atoms with Crippen molar-refractivity contribution in [2.75, 3.05) is 6.54 Å². The molecule has 0 spiro atoms. The van der Waals surface area contributed by atoms with E-state index in [1.165, 1.54) is 12.7 Å². The lowest BCUT2D eigenvalue weighted by molar-refractivity contribution is -0.136. The molecule has 1 aromatic rings. The first kappa shape index (κ1) is 16.4. The predicted molar refractivity (Wildman–Crippen MR) is 87.7 cm³/mol. The molecule has 2 fully saturated rings. The minimum atomic E-state index is -0.627. The highest BCUT2D eigenvalue weighted by molar-refractivity contribution is 5.77. The molecule has 1 amide bonds. The number of carbonyl (C=O) groups is 1. The van der Waals surface area contributed by atoms with Crippen molar-refractivity contribution in [1.82, 2.24) is 14.9 Å². The Balaban J connectivity index is 1.63. The second kappa shape index (κ2) is 6.95. The van der Waals surface area contributed by atoms with Crippen molar-refractivity contribution in [2.24, 2.45) is 5.92 Å². The average molecular weight is 317 g/mol. The van der Waals surface area contributed by atoms with Crippen molar-refractivity contribution in [1.29, 1.82) is 0 Å². The number of aromatic nitrogens is 2. The molecule has 5 nitrogen and oxygen atoms in total. The predicted octanol–water partition coefficient (Wildman–Crippen LogP) is 2.34. The van der Waals surface area contributed by atoms with E-state index in [-0.39, 0.29) is 17.9 Å². The van der Waals surface area contributed by atoms with Gasteiger partial charge in [-0.2, -0.15) is 0 Å². The second-order valence-electron chi connectivity index (χ2n) is 7.21. The molecule has 3 rings (SSSR count). The summed E-state index contributed by atoms with van der Waals surface area (Å²) in [6.45, 7) is 2.79. The van der Waals surface area contributed by atoms with Gasteiger partial charge in [-0.1, -0.05) is 12.8 Å². The highest BCUT2D eigenvalue weighted by atomic mass is 16.3. The summed E-state index contributed by atoms with van der Waals surface area (Å²) in [7, 11) is 0. The maximum absolute atomic E-state index is 12.7. The van der Waals surface area contributed by atoms with E-state index in [0.29, 0.717) is 12.8 Å². The van der Waals surface area contributed by atoms with Crippen LogP contribution >= 0.6 is 0 Å². The molecule has 2 heterocycles. The van der Waals surface area contributed by atoms with Crippen LogP contribution in [0.2, 0.25) is 0 Å². The molecule has 0 bridgehead atoms. The molecule has 1 saturated carbocycles. The highest BCUT2D eigenvalue weighted by Crippen LogP contribution is 2.40. The monoisotopic (exact) mass is 317 g/mol. The number of hydrogen-bond acceptors (Lipinski definition) is 4. The van der Waals surface area contributed by atoms with Gasteiger partial charge >= 0.3 is 0 Å². The summed E-state index contributed by atoms with van der Waals surface area (Å²) in [4.78, 5) is 22.8. The minimum Gasteiger partial charge on any atom is -0.390 e. The molecule has 23 heavy (non-hydrogen) atoms. The van der Waals surface area contributed by atoms with Crippen LogP contribution in [0.4, 0.5) is 0 Å². The zero-order valence-corrected chi connectivity index (χ0v) is 13.9. The van der Waals surface area contributed by atoms with E-state index < -0.39 is 5.60 Å². The summed E-state index contributed by atoms with van der Waals surface area (Å²) in [5.74, 6) is 0.425. The number of aryl methyl sites for hydroxylation is 1. The maximum atomic E-state index is 12.7. The van der Waals surface area contributed by atoms with Crippen LogP contribution in [0.5, 0.6) is 0 Å². The topological polar surface area (TPSA) is 66.3 Å². The van der Waals surface area contributed by atoms with E-state index >= 15 is 0 Å². The number of amides is 1. The van der Waals surface area contributed by atoms with Gasteiger partial charge in [0.2, 0.25) is 5.91 Å². The first-order chi connectivity index (χ1) is 11.1. The van der Waals surface area contributed by atoms with Crippen LogP contribution in [0.15, 0.2) is 18.6 Å². The van der Waals surface area contributed by atoms with Crippen molar-refractivity contribution >= 4 is 5.91 Å². The number of likely N-dealkylation sites (tertiary alicyclic amines) is 1. The summed E-state index contributed by atoms with van der Waals surface area (Å²) in [5.41, 5.74) is 0.284. The van der Waals surface area contributed by atoms with Crippen LogP contribution in [-0.4, -0.2) is 44.1 Å². The zero-order valence-electron chi connectivity index (χ0n) is 13.9. The van der Waals surface area contributed by atoms with E-state index in [1.807, 2.05) is 17.9 Å². The number of hydrogen-bond donors (Lipinski definition) is 1. The largest absolute Gasteiger partial charge is 0.390 e. The molecule has 126 valence electrons. The van der Waals surface area contributed by atoms with Crippen molar-refractivity contribution in [3.63, 3.8) is 0 Å². The summed E-state index contributed by atoms with van der Waals surface area (Å²) in [6.07, 6.45) is 10.6. The Bertz CT molecular complexity index is 532. The van der Waals surface area contributed by atoms with Gasteiger partial charge < -0.3 is 10.0 Å². The minimum absolute atomic E-state index is 0.201. The molecular weight excluding hydrogens is 290 g/mol. The van der Waals surface area contributed by atoms with Crippen LogP contribution in [-0.2, 0) is 11.2 Å². The molecule has 1 aliphatic heterocycles. The Morgan fingerprint density at radius 3 is 3.00 bits per heavy atom. The standard InChI is InChI=1S/C18H27N3O2/c1-18(23)10-3-2-5-15(18)16-6-4-12-21(16)17(22)8-7-14-9-11-19-13-20-14/h9,11,13,15-16,23H,2-8,10,12H2,1H3/t15-,16+,18+/m1/s1. The molecule has 0 aromatic carbocycles. The summed E-state index contributed by atoms with van der Waals surface area (Å²) < 4.78 is 0. The Morgan fingerprint density at radius 1 is 1.39 bits per heavy atom. The van der Waals surface area contributed by atoms with Gasteiger partial charge in [-0.05, 0) is 45.1 Å². The van der Waals surface area contributed by atoms with Crippen LogP contribution in [0.25, 0.3) is 0 Å². The van der Waals surface area contributed by atoms with Gasteiger partial charge in [-0.3, -0.25) is 4.79 Å². The van der Waals surface area contributed by atoms with E-state index in [0.717, 1.165) is 44.3 Å². The first-order valence-corrected chi connectivity index (χ1v) is 8.85. The smallest absolute Gasteiger partial charge is 0.223 e. The number of carbonyl (C=O) groups excluding carboxylic acids is 1. The lowest BCUT2D eigenvalue weighted by Gasteiger charge is -2.43. The van der Waals surface area contributed by atoms with Gasteiger partial charge in [0.05, 0.1) is 5.60 Å². The van der Waals surface area contributed by atoms with Crippen LogP contribution in [0.3, 0.4) is 0 Å². The molecular formula is C18H27N3O2. The fourth-order valence-corrected chi connectivity index (χ4v) is 4.32. The summed E-state index contributed by atoms with van der Waals surface area (Å²) >= 11 is 0. The normalized spacial score (nSPS) is 31.3. The van der Waals surface area contributed by atoms with E-state index in [4.69, 9.17) is 0 Å². The van der Waals surface area contributed by atoms with Gasteiger partial charge in [0.25, 0.3) is 0 Å². The number of nitrogens with zero attached hydrogens (tertiary/aromatic N) is 3. The van der Waals surface area contributed by atoms with Crippen molar-refractivity contribution in [3.8, 4) is 0 Å². The van der Waals surface area contributed by atoms with Crippen molar-refractivity contribution in [3.05, 3.63) is 24.3 Å². The summed E-state index contributed by atoms with van der Waals surface area (Å²) in [5, 5.41) is 10.7. The highest BCUT2D eigenvalue weighted by Gasteiger charge is 2.44. The fourth-order valence-electron chi connectivity index (χ4n) is 4.32. The number of rotatable bonds is 4. The van der Waals surface area contributed by atoms with Crippen LogP contribution < -0.4 is 0 Å².